The smallest absolute Gasteiger partial charge is 0.242 e. The van der Waals surface area contributed by atoms with Crippen LogP contribution in [-0.4, -0.2) is 36.4 Å². The summed E-state index contributed by atoms with van der Waals surface area (Å²) in [7, 11) is 1.60. The van der Waals surface area contributed by atoms with Crippen molar-refractivity contribution in [1.82, 2.24) is 10.2 Å². The van der Waals surface area contributed by atoms with Crippen LogP contribution in [0.2, 0.25) is 10.0 Å². The molecule has 2 amide bonds. The lowest BCUT2D eigenvalue weighted by molar-refractivity contribution is -0.140. The quantitative estimate of drug-likeness (QED) is 0.629. The van der Waals surface area contributed by atoms with Crippen molar-refractivity contribution in [2.75, 3.05) is 13.7 Å². The lowest BCUT2D eigenvalue weighted by atomic mass is 10.1. The molecule has 5 nitrogen and oxygen atoms in total. The van der Waals surface area contributed by atoms with Crippen LogP contribution in [0.15, 0.2) is 42.5 Å². The fourth-order valence-electron chi connectivity index (χ4n) is 2.84. The molecule has 0 bridgehead atoms. The molecular formula is C22H26Cl2N2O3. The number of halogens is 2. The van der Waals surface area contributed by atoms with Gasteiger partial charge in [0.15, 0.2) is 0 Å². The number of ether oxygens (including phenoxy) is 1. The Morgan fingerprint density at radius 2 is 1.83 bits per heavy atom. The van der Waals surface area contributed by atoms with Gasteiger partial charge in [-0.2, -0.15) is 0 Å². The highest BCUT2D eigenvalue weighted by molar-refractivity contribution is 6.35. The Morgan fingerprint density at radius 3 is 2.41 bits per heavy atom. The molecule has 0 aliphatic carbocycles. The van der Waals surface area contributed by atoms with Gasteiger partial charge in [0, 0.05) is 23.1 Å². The Bertz CT molecular complexity index is 840. The Kier molecular flexibility index (Phi) is 8.80. The summed E-state index contributed by atoms with van der Waals surface area (Å²) in [6, 6.07) is 11.8. The summed E-state index contributed by atoms with van der Waals surface area (Å²) in [6.07, 6.45) is 0.906. The molecule has 29 heavy (non-hydrogen) atoms. The average Bonchev–Trinajstić information content (AvgIpc) is 2.72. The van der Waals surface area contributed by atoms with Crippen molar-refractivity contribution in [3.8, 4) is 5.75 Å². The Balaban J connectivity index is 2.23. The van der Waals surface area contributed by atoms with Gasteiger partial charge in [-0.25, -0.2) is 0 Å². The summed E-state index contributed by atoms with van der Waals surface area (Å²) in [5.74, 6) is 0.355. The van der Waals surface area contributed by atoms with Crippen LogP contribution >= 0.6 is 23.2 Å². The molecule has 0 aliphatic heterocycles. The minimum atomic E-state index is -0.623. The van der Waals surface area contributed by atoms with Gasteiger partial charge in [-0.3, -0.25) is 9.59 Å². The van der Waals surface area contributed by atoms with E-state index in [9.17, 15) is 9.59 Å². The van der Waals surface area contributed by atoms with Crippen LogP contribution in [0.3, 0.4) is 0 Å². The van der Waals surface area contributed by atoms with Crippen LogP contribution in [0, 0.1) is 0 Å². The first-order valence-electron chi connectivity index (χ1n) is 9.49. The van der Waals surface area contributed by atoms with Gasteiger partial charge in [0.2, 0.25) is 11.8 Å². The fourth-order valence-corrected chi connectivity index (χ4v) is 3.31. The highest BCUT2D eigenvalue weighted by Crippen LogP contribution is 2.23. The van der Waals surface area contributed by atoms with Crippen LogP contribution in [0.4, 0.5) is 0 Å². The van der Waals surface area contributed by atoms with E-state index in [4.69, 9.17) is 27.9 Å². The van der Waals surface area contributed by atoms with E-state index in [1.165, 1.54) is 0 Å². The zero-order valence-electron chi connectivity index (χ0n) is 16.9. The predicted molar refractivity (Wildman–Crippen MR) is 116 cm³/mol. The Morgan fingerprint density at radius 1 is 1.14 bits per heavy atom. The van der Waals surface area contributed by atoms with E-state index in [0.717, 1.165) is 17.7 Å². The highest BCUT2D eigenvalue weighted by Gasteiger charge is 2.26. The number of carbonyl (C=O) groups excluding carboxylic acids is 2. The number of benzene rings is 2. The molecule has 0 saturated heterocycles. The second kappa shape index (κ2) is 11.1. The van der Waals surface area contributed by atoms with Gasteiger partial charge in [-0.05, 0) is 48.7 Å². The predicted octanol–water partition coefficient (Wildman–Crippen LogP) is 4.49. The SMILES string of the molecule is CCCNC(=O)[C@H](C)N(Cc1ccc(OC)cc1)C(=O)Cc1ccc(Cl)cc1Cl. The molecule has 2 aromatic rings. The van der Waals surface area contributed by atoms with Gasteiger partial charge in [0.05, 0.1) is 13.5 Å². The lowest BCUT2D eigenvalue weighted by Gasteiger charge is -2.29. The topological polar surface area (TPSA) is 58.6 Å². The van der Waals surface area contributed by atoms with E-state index < -0.39 is 6.04 Å². The molecule has 0 aromatic heterocycles. The Labute approximate surface area is 181 Å². The molecule has 1 atom stereocenters. The van der Waals surface area contributed by atoms with Crippen LogP contribution < -0.4 is 10.1 Å². The maximum Gasteiger partial charge on any atom is 0.242 e. The van der Waals surface area contributed by atoms with Crippen LogP contribution in [0.25, 0.3) is 0 Å². The van der Waals surface area contributed by atoms with Crippen molar-refractivity contribution in [1.29, 1.82) is 0 Å². The minimum absolute atomic E-state index is 0.0809. The number of rotatable bonds is 9. The molecule has 0 unspecified atom stereocenters. The second-order valence-electron chi connectivity index (χ2n) is 6.75. The number of amides is 2. The maximum absolute atomic E-state index is 13.1. The van der Waals surface area contributed by atoms with Crippen molar-refractivity contribution in [2.24, 2.45) is 0 Å². The molecule has 0 aliphatic rings. The number of hydrogen-bond acceptors (Lipinski definition) is 3. The van der Waals surface area contributed by atoms with E-state index in [0.29, 0.717) is 28.7 Å². The molecule has 0 saturated carbocycles. The maximum atomic E-state index is 13.1. The van der Waals surface area contributed by atoms with E-state index >= 15 is 0 Å². The standard InChI is InChI=1S/C22H26Cl2N2O3/c1-4-11-25-22(28)15(2)26(14-16-5-9-19(29-3)10-6-16)21(27)12-17-7-8-18(23)13-20(17)24/h5-10,13,15H,4,11-12,14H2,1-3H3,(H,25,28)/t15-/m0/s1. The third-order valence-electron chi connectivity index (χ3n) is 4.59. The van der Waals surface area contributed by atoms with Crippen LogP contribution in [-0.2, 0) is 22.6 Å². The van der Waals surface area contributed by atoms with Gasteiger partial charge in [0.25, 0.3) is 0 Å². The molecule has 7 heteroatoms. The van der Waals surface area contributed by atoms with Crippen molar-refractivity contribution in [2.45, 2.75) is 39.3 Å². The van der Waals surface area contributed by atoms with Gasteiger partial charge in [0.1, 0.15) is 11.8 Å². The molecule has 0 radical (unpaired) electrons. The molecule has 2 rings (SSSR count). The number of nitrogens with zero attached hydrogens (tertiary/aromatic N) is 1. The monoisotopic (exact) mass is 436 g/mol. The first kappa shape index (κ1) is 23.0. The average molecular weight is 437 g/mol. The van der Waals surface area contributed by atoms with Gasteiger partial charge >= 0.3 is 0 Å². The first-order chi connectivity index (χ1) is 13.8. The van der Waals surface area contributed by atoms with E-state index in [2.05, 4.69) is 5.32 Å². The third kappa shape index (κ3) is 6.65. The van der Waals surface area contributed by atoms with Crippen molar-refractivity contribution < 1.29 is 14.3 Å². The van der Waals surface area contributed by atoms with Crippen molar-refractivity contribution in [3.63, 3.8) is 0 Å². The summed E-state index contributed by atoms with van der Waals surface area (Å²) in [5.41, 5.74) is 1.57. The minimum Gasteiger partial charge on any atom is -0.497 e. The molecule has 0 heterocycles. The number of hydrogen-bond donors (Lipinski definition) is 1. The van der Waals surface area contributed by atoms with Gasteiger partial charge in [-0.15, -0.1) is 0 Å². The van der Waals surface area contributed by atoms with Crippen LogP contribution in [0.1, 0.15) is 31.4 Å². The van der Waals surface area contributed by atoms with Gasteiger partial charge < -0.3 is 15.0 Å². The molecule has 1 N–H and O–H groups in total. The summed E-state index contributed by atoms with van der Waals surface area (Å²) in [6.45, 7) is 4.58. The van der Waals surface area contributed by atoms with E-state index in [1.807, 2.05) is 31.2 Å². The highest BCUT2D eigenvalue weighted by atomic mass is 35.5. The summed E-state index contributed by atoms with van der Waals surface area (Å²) in [5, 5.41) is 3.79. The fraction of sp³-hybridized carbons (Fsp3) is 0.364. The molecule has 156 valence electrons. The Hall–Kier alpha value is -2.24. The van der Waals surface area contributed by atoms with Crippen LogP contribution in [0.5, 0.6) is 5.75 Å². The molecular weight excluding hydrogens is 411 g/mol. The van der Waals surface area contributed by atoms with Crippen molar-refractivity contribution in [3.05, 3.63) is 63.6 Å². The first-order valence-corrected chi connectivity index (χ1v) is 10.2. The number of methoxy groups -OCH3 is 1. The van der Waals surface area contributed by atoms with Crippen molar-refractivity contribution >= 4 is 35.0 Å². The lowest BCUT2D eigenvalue weighted by Crippen LogP contribution is -2.48. The zero-order chi connectivity index (χ0) is 21.4. The second-order valence-corrected chi connectivity index (χ2v) is 7.59. The summed E-state index contributed by atoms with van der Waals surface area (Å²) >= 11 is 12.2. The molecule has 0 fully saturated rings. The largest absolute Gasteiger partial charge is 0.497 e. The number of nitrogens with one attached hydrogen (secondary N) is 1. The molecule has 2 aromatic carbocycles. The molecule has 0 spiro atoms. The normalized spacial score (nSPS) is 11.6. The summed E-state index contributed by atoms with van der Waals surface area (Å²) in [4.78, 5) is 27.2. The van der Waals surface area contributed by atoms with E-state index in [1.54, 1.807) is 37.1 Å². The zero-order valence-corrected chi connectivity index (χ0v) is 18.4. The number of carbonyl (C=O) groups is 2. The summed E-state index contributed by atoms with van der Waals surface area (Å²) < 4.78 is 5.18. The van der Waals surface area contributed by atoms with Gasteiger partial charge in [-0.1, -0.05) is 48.3 Å². The third-order valence-corrected chi connectivity index (χ3v) is 5.17. The van der Waals surface area contributed by atoms with E-state index in [-0.39, 0.29) is 18.2 Å².